The van der Waals surface area contributed by atoms with E-state index in [-0.39, 0.29) is 28.4 Å². The van der Waals surface area contributed by atoms with Crippen molar-refractivity contribution in [2.75, 3.05) is 13.2 Å². The predicted molar refractivity (Wildman–Crippen MR) is 151 cm³/mol. The first-order chi connectivity index (χ1) is 22.2. The van der Waals surface area contributed by atoms with Crippen molar-refractivity contribution in [1.82, 2.24) is 0 Å². The van der Waals surface area contributed by atoms with E-state index in [1.165, 1.54) is 12.1 Å². The number of hydrogen-bond donors (Lipinski definition) is 11. The van der Waals surface area contributed by atoms with Gasteiger partial charge in [-0.05, 0) is 12.1 Å². The lowest BCUT2D eigenvalue weighted by molar-refractivity contribution is -0.295. The molecule has 0 aliphatic carbocycles. The SMILES string of the molecule is CC(=O)OCC1OC(Oc2cc(O)cc3c2C=C(OC2OC(CO)C(O)C(O)C2O)C(c2cc(O)c(O)c(O)c2)[OH+]3)C(O)C(O)C1O. The molecule has 11 atom stereocenters. The molecule has 2 aromatic rings. The summed E-state index contributed by atoms with van der Waals surface area (Å²) in [6, 6.07) is 4.36. The third kappa shape index (κ3) is 6.82. The van der Waals surface area contributed by atoms with E-state index >= 15 is 0 Å². The van der Waals surface area contributed by atoms with Crippen molar-refractivity contribution in [2.45, 2.75) is 74.4 Å². The maximum Gasteiger partial charge on any atom is 0.302 e. The number of esters is 1. The van der Waals surface area contributed by atoms with E-state index < -0.39 is 110 Å². The first kappa shape index (κ1) is 34.2. The topological polar surface area (TPSA) is 299 Å². The fourth-order valence-corrected chi connectivity index (χ4v) is 5.27. The van der Waals surface area contributed by atoms with Crippen molar-refractivity contribution in [2.24, 2.45) is 0 Å². The van der Waals surface area contributed by atoms with Crippen LogP contribution in [0.25, 0.3) is 6.08 Å². The van der Waals surface area contributed by atoms with Gasteiger partial charge in [0.05, 0.1) is 18.2 Å². The normalized spacial score (nSPS) is 33.6. The number of benzene rings is 2. The van der Waals surface area contributed by atoms with E-state index in [1.807, 2.05) is 0 Å². The van der Waals surface area contributed by atoms with Crippen LogP contribution < -0.4 is 4.74 Å². The van der Waals surface area contributed by atoms with Gasteiger partial charge in [-0.2, -0.15) is 0 Å². The second-order valence-electron chi connectivity index (χ2n) is 11.1. The molecule has 2 aromatic carbocycles. The van der Waals surface area contributed by atoms with Crippen molar-refractivity contribution in [3.8, 4) is 34.5 Å². The molecule has 11 unspecified atom stereocenters. The van der Waals surface area contributed by atoms with Gasteiger partial charge in [-0.3, -0.25) is 4.79 Å². The molecule has 3 aliphatic rings. The van der Waals surface area contributed by atoms with E-state index in [9.17, 15) is 61.0 Å². The molecule has 3 heterocycles. The predicted octanol–water partition coefficient (Wildman–Crippen LogP) is -2.59. The lowest BCUT2D eigenvalue weighted by atomic mass is 9.98. The van der Waals surface area contributed by atoms with Gasteiger partial charge in [-0.1, -0.05) is 0 Å². The number of carbonyl (C=O) groups is 1. The fraction of sp³-hybridized carbons (Fsp3) is 0.483. The van der Waals surface area contributed by atoms with Crippen LogP contribution in [0.15, 0.2) is 30.0 Å². The molecule has 5 rings (SSSR count). The molecule has 0 bridgehead atoms. The van der Waals surface area contributed by atoms with Crippen molar-refractivity contribution >= 4 is 12.0 Å². The van der Waals surface area contributed by atoms with Gasteiger partial charge in [0.25, 0.3) is 11.9 Å². The maximum atomic E-state index is 11.3. The van der Waals surface area contributed by atoms with Crippen LogP contribution in [0.3, 0.4) is 0 Å². The maximum absolute atomic E-state index is 11.3. The van der Waals surface area contributed by atoms with Gasteiger partial charge in [0.2, 0.25) is 12.6 Å². The minimum absolute atomic E-state index is 0.000512. The Kier molecular flexibility index (Phi) is 9.87. The van der Waals surface area contributed by atoms with Crippen LogP contribution in [0.4, 0.5) is 0 Å². The molecule has 18 nitrogen and oxygen atoms in total. The van der Waals surface area contributed by atoms with Crippen LogP contribution in [0.5, 0.6) is 34.5 Å². The molecular weight excluding hydrogens is 636 g/mol. The molecule has 12 N–H and O–H groups in total. The summed E-state index contributed by atoms with van der Waals surface area (Å²) in [5.41, 5.74) is 0.0559. The summed E-state index contributed by atoms with van der Waals surface area (Å²) in [6.07, 6.45) is -16.9. The number of hydrogen-bond acceptors (Lipinski definition) is 17. The van der Waals surface area contributed by atoms with E-state index in [1.54, 1.807) is 0 Å². The smallest absolute Gasteiger partial charge is 0.302 e. The number of aromatic hydroxyl groups is 5. The highest BCUT2D eigenvalue weighted by Gasteiger charge is 2.48. The minimum atomic E-state index is -1.86. The molecule has 18 heteroatoms. The van der Waals surface area contributed by atoms with Crippen LogP contribution in [0.1, 0.15) is 24.2 Å². The number of fused-ring (bicyclic) bond motifs is 1. The number of aliphatic hydroxyl groups is 8. The summed E-state index contributed by atoms with van der Waals surface area (Å²) < 4.78 is 32.1. The van der Waals surface area contributed by atoms with E-state index in [0.29, 0.717) is 0 Å². The number of aliphatic hydroxyl groups excluding tert-OH is 7. The number of phenolic OH excluding ortho intramolecular Hbond substituents is 4. The van der Waals surface area contributed by atoms with Crippen molar-refractivity contribution in [3.63, 3.8) is 0 Å². The molecule has 258 valence electrons. The Morgan fingerprint density at radius 3 is 1.96 bits per heavy atom. The highest BCUT2D eigenvalue weighted by molar-refractivity contribution is 5.70. The molecule has 2 fully saturated rings. The fourth-order valence-electron chi connectivity index (χ4n) is 5.27. The highest BCUT2D eigenvalue weighted by atomic mass is 16.7. The average molecular weight is 672 g/mol. The van der Waals surface area contributed by atoms with E-state index in [2.05, 4.69) is 4.74 Å². The Morgan fingerprint density at radius 2 is 1.36 bits per heavy atom. The Hall–Kier alpha value is -4.11. The third-order valence-corrected chi connectivity index (χ3v) is 7.80. The molecule has 47 heavy (non-hydrogen) atoms. The van der Waals surface area contributed by atoms with E-state index in [4.69, 9.17) is 23.7 Å². The number of phenols is 4. The van der Waals surface area contributed by atoms with Crippen molar-refractivity contribution in [1.29, 1.82) is 0 Å². The number of rotatable bonds is 8. The minimum Gasteiger partial charge on any atom is -0.571 e. The Bertz CT molecular complexity index is 1470. The number of carbonyl (C=O) groups excluding carboxylic acids is 1. The molecule has 0 saturated carbocycles. The first-order valence-electron chi connectivity index (χ1n) is 14.2. The summed E-state index contributed by atoms with van der Waals surface area (Å²) >= 11 is 0. The van der Waals surface area contributed by atoms with Crippen LogP contribution in [0.2, 0.25) is 0 Å². The summed E-state index contributed by atoms with van der Waals surface area (Å²) in [5, 5.41) is 113. The summed E-state index contributed by atoms with van der Waals surface area (Å²) in [7, 11) is 0. The first-order valence-corrected chi connectivity index (χ1v) is 14.2. The monoisotopic (exact) mass is 671 g/mol. The van der Waals surface area contributed by atoms with Gasteiger partial charge < -0.3 is 84.6 Å². The largest absolute Gasteiger partial charge is 0.571 e. The summed E-state index contributed by atoms with van der Waals surface area (Å²) in [5.74, 6) is -3.86. The van der Waals surface area contributed by atoms with E-state index in [0.717, 1.165) is 25.1 Å². The standard InChI is InChI=1S/C29H34O18/c1-9(31)42-8-19-22(37)24(39)26(41)28(47-19)44-16-5-11(32)4-15-12(16)6-17(27(43-15)10-2-13(33)20(35)14(34)3-10)45-29-25(40)23(38)21(36)18(7-30)46-29/h2-6,18-19,21-30,32-41H,7-8H2,1H3/p+1. The molecule has 0 aromatic heterocycles. The Morgan fingerprint density at radius 1 is 0.787 bits per heavy atom. The summed E-state index contributed by atoms with van der Waals surface area (Å²) in [4.78, 5) is 11.3. The zero-order valence-corrected chi connectivity index (χ0v) is 24.5. The van der Waals surface area contributed by atoms with Crippen molar-refractivity contribution < 1.29 is 89.4 Å². The van der Waals surface area contributed by atoms with Crippen LogP contribution >= 0.6 is 0 Å². The zero-order chi connectivity index (χ0) is 34.3. The van der Waals surface area contributed by atoms with Crippen LogP contribution in [-0.2, 0) is 23.7 Å². The van der Waals surface area contributed by atoms with Gasteiger partial charge in [0.15, 0.2) is 23.0 Å². The molecular formula is C29H35O18+. The van der Waals surface area contributed by atoms with Gasteiger partial charge in [-0.25, -0.2) is 0 Å². The average Bonchev–Trinajstić information content (AvgIpc) is 3.03. The molecule has 2 saturated heterocycles. The summed E-state index contributed by atoms with van der Waals surface area (Å²) in [6.45, 7) is -0.153. The van der Waals surface area contributed by atoms with Gasteiger partial charge in [0.1, 0.15) is 72.5 Å². The van der Waals surface area contributed by atoms with Crippen LogP contribution in [-0.4, -0.2) is 142 Å². The second-order valence-corrected chi connectivity index (χ2v) is 11.1. The lowest BCUT2D eigenvalue weighted by Crippen LogP contribution is -2.60. The third-order valence-electron chi connectivity index (χ3n) is 7.80. The zero-order valence-electron chi connectivity index (χ0n) is 24.5. The molecule has 0 radical (unpaired) electrons. The quantitative estimate of drug-likeness (QED) is 0.0779. The van der Waals surface area contributed by atoms with Gasteiger partial charge >= 0.3 is 5.97 Å². The molecule has 3 aliphatic heterocycles. The van der Waals surface area contributed by atoms with Crippen molar-refractivity contribution in [3.05, 3.63) is 41.2 Å². The van der Waals surface area contributed by atoms with Gasteiger partial charge in [0, 0.05) is 19.1 Å². The van der Waals surface area contributed by atoms with Crippen LogP contribution in [0, 0.1) is 0 Å². The number of ether oxygens (including phenoxy) is 6. The lowest BCUT2D eigenvalue weighted by Gasteiger charge is -2.41. The second kappa shape index (κ2) is 13.6. The highest BCUT2D eigenvalue weighted by Crippen LogP contribution is 2.48. The molecule has 0 amide bonds. The Balaban J connectivity index is 1.54. The van der Waals surface area contributed by atoms with Gasteiger partial charge in [-0.15, -0.1) is 0 Å². The molecule has 0 spiro atoms. The Labute approximate surface area is 265 Å².